The maximum atomic E-state index is 5.69. The third kappa shape index (κ3) is 5.95. The molecule has 2 aromatic rings. The number of para-hydroxylation sites is 1. The summed E-state index contributed by atoms with van der Waals surface area (Å²) in [7, 11) is 1.76. The minimum Gasteiger partial charge on any atom is -0.489 e. The molecule has 2 N–H and O–H groups in total. The summed E-state index contributed by atoms with van der Waals surface area (Å²) >= 11 is 0. The van der Waals surface area contributed by atoms with Gasteiger partial charge in [0.2, 0.25) is 0 Å². The van der Waals surface area contributed by atoms with Gasteiger partial charge in [-0.15, -0.1) is 0 Å². The van der Waals surface area contributed by atoms with E-state index in [9.17, 15) is 0 Å². The van der Waals surface area contributed by atoms with Gasteiger partial charge in [0.05, 0.1) is 6.54 Å². The third-order valence-electron chi connectivity index (χ3n) is 3.78. The fourth-order valence-electron chi connectivity index (χ4n) is 2.57. The van der Waals surface area contributed by atoms with Crippen LogP contribution in [0.15, 0.2) is 54.3 Å². The second kappa shape index (κ2) is 10.3. The standard InChI is InChI=1S/C20H29N5O/c1-5-12-26-18-9-7-6-8-17(18)13-23-20(21-4)24-14-19-22-10-11-25(19)15-16(2)3/h5-11,16H,1,12-15H2,2-4H3,(H2,21,23,24). The number of nitrogens with one attached hydrogen (secondary N) is 2. The highest BCUT2D eigenvalue weighted by Gasteiger charge is 2.07. The van der Waals surface area contributed by atoms with Gasteiger partial charge in [-0.1, -0.05) is 44.7 Å². The van der Waals surface area contributed by atoms with Crippen LogP contribution in [-0.4, -0.2) is 29.2 Å². The van der Waals surface area contributed by atoms with Crippen LogP contribution in [0, 0.1) is 5.92 Å². The maximum absolute atomic E-state index is 5.69. The third-order valence-corrected chi connectivity index (χ3v) is 3.78. The van der Waals surface area contributed by atoms with E-state index in [1.807, 2.05) is 36.7 Å². The largest absolute Gasteiger partial charge is 0.489 e. The molecular weight excluding hydrogens is 326 g/mol. The average molecular weight is 355 g/mol. The van der Waals surface area contributed by atoms with Gasteiger partial charge in [-0.25, -0.2) is 4.98 Å². The van der Waals surface area contributed by atoms with Crippen LogP contribution in [0.1, 0.15) is 25.2 Å². The fraction of sp³-hybridized carbons (Fsp3) is 0.400. The molecule has 0 amide bonds. The number of guanidine groups is 1. The van der Waals surface area contributed by atoms with E-state index in [0.29, 0.717) is 25.6 Å². The van der Waals surface area contributed by atoms with E-state index in [-0.39, 0.29) is 0 Å². The Bertz CT molecular complexity index is 720. The SMILES string of the molecule is C=CCOc1ccccc1CNC(=NC)NCc1nccn1CC(C)C. The predicted octanol–water partition coefficient (Wildman–Crippen LogP) is 2.97. The quantitative estimate of drug-likeness (QED) is 0.412. The molecule has 0 radical (unpaired) electrons. The van der Waals surface area contributed by atoms with Crippen LogP contribution in [0.25, 0.3) is 0 Å². The molecule has 1 aromatic carbocycles. The van der Waals surface area contributed by atoms with Gasteiger partial charge in [-0.05, 0) is 12.0 Å². The molecule has 140 valence electrons. The molecule has 26 heavy (non-hydrogen) atoms. The second-order valence-corrected chi connectivity index (χ2v) is 6.38. The van der Waals surface area contributed by atoms with Crippen LogP contribution in [-0.2, 0) is 19.6 Å². The van der Waals surface area contributed by atoms with Gasteiger partial charge >= 0.3 is 0 Å². The normalized spacial score (nSPS) is 11.5. The van der Waals surface area contributed by atoms with Gasteiger partial charge in [-0.2, -0.15) is 0 Å². The van der Waals surface area contributed by atoms with Crippen LogP contribution in [0.4, 0.5) is 0 Å². The Kier molecular flexibility index (Phi) is 7.74. The van der Waals surface area contributed by atoms with Crippen LogP contribution in [0.2, 0.25) is 0 Å². The molecule has 1 aromatic heterocycles. The molecule has 0 fully saturated rings. The van der Waals surface area contributed by atoms with E-state index in [2.05, 4.69) is 45.6 Å². The highest BCUT2D eigenvalue weighted by atomic mass is 16.5. The first-order valence-corrected chi connectivity index (χ1v) is 8.90. The zero-order chi connectivity index (χ0) is 18.8. The van der Waals surface area contributed by atoms with Crippen LogP contribution >= 0.6 is 0 Å². The topological polar surface area (TPSA) is 63.5 Å². The second-order valence-electron chi connectivity index (χ2n) is 6.38. The number of aromatic nitrogens is 2. The van der Waals surface area contributed by atoms with E-state index in [1.165, 1.54) is 0 Å². The van der Waals surface area contributed by atoms with E-state index >= 15 is 0 Å². The van der Waals surface area contributed by atoms with Crippen molar-refractivity contribution in [2.45, 2.75) is 33.5 Å². The zero-order valence-corrected chi connectivity index (χ0v) is 15.9. The van der Waals surface area contributed by atoms with Gasteiger partial charge in [0.25, 0.3) is 0 Å². The van der Waals surface area contributed by atoms with Crippen molar-refractivity contribution in [2.24, 2.45) is 10.9 Å². The summed E-state index contributed by atoms with van der Waals surface area (Å²) in [6, 6.07) is 7.95. The number of ether oxygens (including phenoxy) is 1. The number of imidazole rings is 1. The summed E-state index contributed by atoms with van der Waals surface area (Å²) in [5.74, 6) is 3.15. The highest BCUT2D eigenvalue weighted by molar-refractivity contribution is 5.79. The van der Waals surface area contributed by atoms with Crippen molar-refractivity contribution >= 4 is 5.96 Å². The molecule has 0 spiro atoms. The molecule has 0 atom stereocenters. The molecule has 6 nitrogen and oxygen atoms in total. The molecular formula is C20H29N5O. The molecule has 0 saturated heterocycles. The first-order chi connectivity index (χ1) is 12.6. The Labute approximate surface area is 156 Å². The minimum atomic E-state index is 0.489. The lowest BCUT2D eigenvalue weighted by Gasteiger charge is -2.15. The molecule has 2 rings (SSSR count). The highest BCUT2D eigenvalue weighted by Crippen LogP contribution is 2.17. The number of rotatable bonds is 9. The summed E-state index contributed by atoms with van der Waals surface area (Å²) in [6.07, 6.45) is 5.59. The lowest BCUT2D eigenvalue weighted by atomic mass is 10.2. The van der Waals surface area contributed by atoms with Crippen molar-refractivity contribution in [2.75, 3.05) is 13.7 Å². The molecule has 0 unspecified atom stereocenters. The van der Waals surface area contributed by atoms with Crippen LogP contribution in [0.3, 0.4) is 0 Å². The summed E-state index contributed by atoms with van der Waals surface area (Å²) in [4.78, 5) is 8.72. The monoisotopic (exact) mass is 355 g/mol. The summed E-state index contributed by atoms with van der Waals surface area (Å²) < 4.78 is 7.86. The van der Waals surface area contributed by atoms with Crippen molar-refractivity contribution < 1.29 is 4.74 Å². The molecule has 0 bridgehead atoms. The van der Waals surface area contributed by atoms with Gasteiger partial charge in [0.15, 0.2) is 5.96 Å². The van der Waals surface area contributed by atoms with Crippen LogP contribution in [0.5, 0.6) is 5.75 Å². The lowest BCUT2D eigenvalue weighted by molar-refractivity contribution is 0.358. The first kappa shape index (κ1) is 19.6. The van der Waals surface area contributed by atoms with E-state index in [4.69, 9.17) is 4.74 Å². The number of benzene rings is 1. The van der Waals surface area contributed by atoms with Crippen molar-refractivity contribution in [1.82, 2.24) is 20.2 Å². The molecule has 6 heteroatoms. The summed E-state index contributed by atoms with van der Waals surface area (Å²) in [6.45, 7) is 10.8. The summed E-state index contributed by atoms with van der Waals surface area (Å²) in [5.41, 5.74) is 1.07. The summed E-state index contributed by atoms with van der Waals surface area (Å²) in [5, 5.41) is 6.64. The maximum Gasteiger partial charge on any atom is 0.191 e. The predicted molar refractivity (Wildman–Crippen MR) is 106 cm³/mol. The average Bonchev–Trinajstić information content (AvgIpc) is 3.07. The van der Waals surface area contributed by atoms with Gasteiger partial charge in [-0.3, -0.25) is 4.99 Å². The molecule has 0 aliphatic heterocycles. The van der Waals surface area contributed by atoms with Gasteiger partial charge in [0.1, 0.15) is 18.2 Å². The van der Waals surface area contributed by atoms with Gasteiger partial charge in [0, 0.05) is 38.1 Å². The lowest BCUT2D eigenvalue weighted by Crippen LogP contribution is -2.37. The van der Waals surface area contributed by atoms with E-state index in [1.54, 1.807) is 13.1 Å². The Balaban J connectivity index is 1.91. The number of hydrogen-bond donors (Lipinski definition) is 2. The zero-order valence-electron chi connectivity index (χ0n) is 15.9. The first-order valence-electron chi connectivity index (χ1n) is 8.90. The van der Waals surface area contributed by atoms with Gasteiger partial charge < -0.3 is 19.9 Å². The van der Waals surface area contributed by atoms with Crippen LogP contribution < -0.4 is 15.4 Å². The molecule has 1 heterocycles. The molecule has 0 aliphatic rings. The smallest absolute Gasteiger partial charge is 0.191 e. The Hall–Kier alpha value is -2.76. The molecule has 0 aliphatic carbocycles. The van der Waals surface area contributed by atoms with Crippen molar-refractivity contribution in [3.63, 3.8) is 0 Å². The van der Waals surface area contributed by atoms with Crippen molar-refractivity contribution in [1.29, 1.82) is 0 Å². The molecule has 0 saturated carbocycles. The Morgan fingerprint density at radius 1 is 1.31 bits per heavy atom. The number of nitrogens with zero attached hydrogens (tertiary/aromatic N) is 3. The Morgan fingerprint density at radius 2 is 2.08 bits per heavy atom. The van der Waals surface area contributed by atoms with Crippen molar-refractivity contribution in [3.05, 3.63) is 60.7 Å². The van der Waals surface area contributed by atoms with E-state index < -0.39 is 0 Å². The van der Waals surface area contributed by atoms with E-state index in [0.717, 1.165) is 29.6 Å². The fourth-order valence-corrected chi connectivity index (χ4v) is 2.57. The van der Waals surface area contributed by atoms with Crippen molar-refractivity contribution in [3.8, 4) is 5.75 Å². The number of hydrogen-bond acceptors (Lipinski definition) is 3. The number of aliphatic imine (C=N–C) groups is 1. The Morgan fingerprint density at radius 3 is 2.81 bits per heavy atom. The minimum absolute atomic E-state index is 0.489.